The molecule has 0 saturated carbocycles. The molecule has 2 aromatic rings. The van der Waals surface area contributed by atoms with Crippen LogP contribution in [0.3, 0.4) is 0 Å². The van der Waals surface area contributed by atoms with Crippen molar-refractivity contribution in [3.05, 3.63) is 53.9 Å². The monoisotopic (exact) mass is 322 g/mol. The second-order valence-corrected chi connectivity index (χ2v) is 6.58. The summed E-state index contributed by atoms with van der Waals surface area (Å²) in [6.07, 6.45) is 5.07. The van der Waals surface area contributed by atoms with Crippen molar-refractivity contribution >= 4 is 11.9 Å². The van der Waals surface area contributed by atoms with Crippen LogP contribution < -0.4 is 4.90 Å². The van der Waals surface area contributed by atoms with Crippen LogP contribution in [-0.2, 0) is 0 Å². The van der Waals surface area contributed by atoms with Crippen LogP contribution in [-0.4, -0.2) is 47.0 Å². The van der Waals surface area contributed by atoms with E-state index in [4.69, 9.17) is 0 Å². The highest BCUT2D eigenvalue weighted by Crippen LogP contribution is 2.28. The zero-order chi connectivity index (χ0) is 16.4. The molecule has 0 spiro atoms. The maximum Gasteiger partial charge on any atom is 0.272 e. The van der Waals surface area contributed by atoms with Crippen molar-refractivity contribution in [2.45, 2.75) is 25.2 Å². The highest BCUT2D eigenvalue weighted by atomic mass is 16.2. The van der Waals surface area contributed by atoms with Crippen molar-refractivity contribution in [2.75, 3.05) is 31.1 Å². The fraction of sp³-hybridized carbons (Fsp3) is 0.421. The molecule has 5 nitrogen and oxygen atoms in total. The molecular weight excluding hydrogens is 300 g/mol. The van der Waals surface area contributed by atoms with E-state index in [1.165, 1.54) is 18.4 Å². The molecule has 2 aliphatic rings. The first-order chi connectivity index (χ1) is 11.8. The zero-order valence-electron chi connectivity index (χ0n) is 13.8. The average molecular weight is 322 g/mol. The van der Waals surface area contributed by atoms with Crippen LogP contribution in [0.25, 0.3) is 0 Å². The zero-order valence-corrected chi connectivity index (χ0v) is 13.8. The first kappa shape index (κ1) is 15.1. The van der Waals surface area contributed by atoms with Gasteiger partial charge in [0.15, 0.2) is 0 Å². The summed E-state index contributed by atoms with van der Waals surface area (Å²) in [5.74, 6) is 1.14. The molecule has 1 atom stereocenters. The minimum absolute atomic E-state index is 0.0243. The van der Waals surface area contributed by atoms with Gasteiger partial charge < -0.3 is 9.80 Å². The van der Waals surface area contributed by atoms with Crippen LogP contribution >= 0.6 is 0 Å². The summed E-state index contributed by atoms with van der Waals surface area (Å²) in [7, 11) is 0. The number of anilines is 1. The second-order valence-electron chi connectivity index (χ2n) is 6.58. The Labute approximate surface area is 142 Å². The van der Waals surface area contributed by atoms with E-state index in [1.54, 1.807) is 12.3 Å². The number of carbonyl (C=O) groups is 1. The molecule has 124 valence electrons. The Morgan fingerprint density at radius 3 is 2.62 bits per heavy atom. The second kappa shape index (κ2) is 6.59. The molecule has 1 unspecified atom stereocenters. The van der Waals surface area contributed by atoms with Crippen LogP contribution in [0.15, 0.2) is 42.6 Å². The van der Waals surface area contributed by atoms with Gasteiger partial charge in [0.25, 0.3) is 5.91 Å². The number of aromatic nitrogens is 2. The molecule has 2 aliphatic heterocycles. The number of benzene rings is 1. The van der Waals surface area contributed by atoms with E-state index in [-0.39, 0.29) is 5.91 Å². The van der Waals surface area contributed by atoms with Gasteiger partial charge in [-0.2, -0.15) is 0 Å². The SMILES string of the molecule is O=C(c1ccnc(N2CCCC2)n1)N1CCC(c2ccccc2)C1. The molecule has 1 aromatic carbocycles. The van der Waals surface area contributed by atoms with Gasteiger partial charge in [-0.25, -0.2) is 9.97 Å². The minimum atomic E-state index is 0.0243. The Morgan fingerprint density at radius 2 is 1.83 bits per heavy atom. The Bertz CT molecular complexity index is 712. The van der Waals surface area contributed by atoms with E-state index in [9.17, 15) is 4.79 Å². The Kier molecular flexibility index (Phi) is 4.15. The van der Waals surface area contributed by atoms with E-state index in [0.29, 0.717) is 17.6 Å². The van der Waals surface area contributed by atoms with Crippen molar-refractivity contribution in [3.8, 4) is 0 Å². The fourth-order valence-corrected chi connectivity index (χ4v) is 3.64. The third-order valence-electron chi connectivity index (χ3n) is 5.00. The number of carbonyl (C=O) groups excluding carboxylic acids is 1. The lowest BCUT2D eigenvalue weighted by Gasteiger charge is -2.18. The minimum Gasteiger partial charge on any atom is -0.341 e. The van der Waals surface area contributed by atoms with Gasteiger partial charge in [0.05, 0.1) is 0 Å². The summed E-state index contributed by atoms with van der Waals surface area (Å²) < 4.78 is 0. The lowest BCUT2D eigenvalue weighted by molar-refractivity contribution is 0.0785. The van der Waals surface area contributed by atoms with Gasteiger partial charge in [-0.1, -0.05) is 30.3 Å². The summed E-state index contributed by atoms with van der Waals surface area (Å²) >= 11 is 0. The topological polar surface area (TPSA) is 49.3 Å². The average Bonchev–Trinajstić information content (AvgIpc) is 3.34. The molecule has 24 heavy (non-hydrogen) atoms. The molecule has 1 aromatic heterocycles. The lowest BCUT2D eigenvalue weighted by Crippen LogP contribution is -2.30. The van der Waals surface area contributed by atoms with Gasteiger partial charge in [-0.3, -0.25) is 4.79 Å². The van der Waals surface area contributed by atoms with Crippen molar-refractivity contribution in [2.24, 2.45) is 0 Å². The Morgan fingerprint density at radius 1 is 1.04 bits per heavy atom. The molecule has 0 radical (unpaired) electrons. The van der Waals surface area contributed by atoms with Crippen molar-refractivity contribution in [1.29, 1.82) is 0 Å². The smallest absolute Gasteiger partial charge is 0.272 e. The van der Waals surface area contributed by atoms with Crippen LogP contribution in [0.1, 0.15) is 41.2 Å². The summed E-state index contributed by atoms with van der Waals surface area (Å²) in [5, 5.41) is 0. The molecular formula is C19H22N4O. The number of nitrogens with zero attached hydrogens (tertiary/aromatic N) is 4. The number of rotatable bonds is 3. The molecule has 0 aliphatic carbocycles. The van der Waals surface area contributed by atoms with E-state index in [2.05, 4.69) is 39.1 Å². The molecule has 2 saturated heterocycles. The van der Waals surface area contributed by atoms with Gasteiger partial charge in [-0.15, -0.1) is 0 Å². The maximum absolute atomic E-state index is 12.8. The molecule has 0 bridgehead atoms. The number of amides is 1. The van der Waals surface area contributed by atoms with E-state index in [0.717, 1.165) is 32.6 Å². The third-order valence-corrected chi connectivity index (χ3v) is 5.00. The van der Waals surface area contributed by atoms with Crippen LogP contribution in [0.4, 0.5) is 5.95 Å². The quantitative estimate of drug-likeness (QED) is 0.872. The van der Waals surface area contributed by atoms with Crippen LogP contribution in [0.5, 0.6) is 0 Å². The number of hydrogen-bond donors (Lipinski definition) is 0. The molecule has 0 N–H and O–H groups in total. The first-order valence-corrected chi connectivity index (χ1v) is 8.73. The predicted molar refractivity (Wildman–Crippen MR) is 93.2 cm³/mol. The van der Waals surface area contributed by atoms with Crippen molar-refractivity contribution in [1.82, 2.24) is 14.9 Å². The number of likely N-dealkylation sites (tertiary alicyclic amines) is 1. The molecule has 4 rings (SSSR count). The number of hydrogen-bond acceptors (Lipinski definition) is 4. The molecule has 1 amide bonds. The molecule has 3 heterocycles. The highest BCUT2D eigenvalue weighted by Gasteiger charge is 2.29. The van der Waals surface area contributed by atoms with Crippen molar-refractivity contribution < 1.29 is 4.79 Å². The van der Waals surface area contributed by atoms with E-state index >= 15 is 0 Å². The van der Waals surface area contributed by atoms with Crippen LogP contribution in [0, 0.1) is 0 Å². The summed E-state index contributed by atoms with van der Waals surface area (Å²) in [6, 6.07) is 12.2. The predicted octanol–water partition coefficient (Wildman–Crippen LogP) is 2.71. The van der Waals surface area contributed by atoms with Gasteiger partial charge in [0.2, 0.25) is 5.95 Å². The van der Waals surface area contributed by atoms with E-state index < -0.39 is 0 Å². The van der Waals surface area contributed by atoms with Gasteiger partial charge in [-0.05, 0) is 30.9 Å². The standard InChI is InChI=1S/C19H22N4O/c24-18(17-8-10-20-19(21-17)22-11-4-5-12-22)23-13-9-16(14-23)15-6-2-1-3-7-15/h1-3,6-8,10,16H,4-5,9,11-14H2. The third kappa shape index (κ3) is 2.98. The highest BCUT2D eigenvalue weighted by molar-refractivity contribution is 5.92. The van der Waals surface area contributed by atoms with Gasteiger partial charge >= 0.3 is 0 Å². The Balaban J connectivity index is 1.47. The summed E-state index contributed by atoms with van der Waals surface area (Å²) in [6.45, 7) is 3.53. The maximum atomic E-state index is 12.8. The Hall–Kier alpha value is -2.43. The van der Waals surface area contributed by atoms with Crippen molar-refractivity contribution in [3.63, 3.8) is 0 Å². The normalized spacial score (nSPS) is 20.6. The van der Waals surface area contributed by atoms with Crippen LogP contribution in [0.2, 0.25) is 0 Å². The largest absolute Gasteiger partial charge is 0.341 e. The molecule has 2 fully saturated rings. The fourth-order valence-electron chi connectivity index (χ4n) is 3.64. The van der Waals surface area contributed by atoms with Gasteiger partial charge in [0.1, 0.15) is 5.69 Å². The van der Waals surface area contributed by atoms with E-state index in [1.807, 2.05) is 11.0 Å². The summed E-state index contributed by atoms with van der Waals surface area (Å²) in [4.78, 5) is 25.8. The summed E-state index contributed by atoms with van der Waals surface area (Å²) in [5.41, 5.74) is 1.83. The van der Waals surface area contributed by atoms with Gasteiger partial charge in [0, 0.05) is 38.3 Å². The first-order valence-electron chi connectivity index (χ1n) is 8.73. The lowest BCUT2D eigenvalue weighted by atomic mass is 9.99. The molecule has 5 heteroatoms.